The maximum atomic E-state index is 6.43. The van der Waals surface area contributed by atoms with Gasteiger partial charge in [-0.05, 0) is 46.1 Å². The minimum atomic E-state index is -0.560. The van der Waals surface area contributed by atoms with Crippen LogP contribution in [0.4, 0.5) is 0 Å². The summed E-state index contributed by atoms with van der Waals surface area (Å²) < 4.78 is 18.9. The van der Waals surface area contributed by atoms with E-state index in [0.29, 0.717) is 19.1 Å². The Morgan fingerprint density at radius 3 is 2.33 bits per heavy atom. The minimum absolute atomic E-state index is 0.0538. The maximum Gasteiger partial charge on any atom is 0.163 e. The van der Waals surface area contributed by atoms with Gasteiger partial charge in [0.2, 0.25) is 0 Å². The summed E-state index contributed by atoms with van der Waals surface area (Å²) in [6.07, 6.45) is 12.6. The van der Waals surface area contributed by atoms with Gasteiger partial charge < -0.3 is 14.2 Å². The van der Waals surface area contributed by atoms with Crippen molar-refractivity contribution in [3.8, 4) is 0 Å². The lowest BCUT2D eigenvalue weighted by atomic mass is 9.86. The van der Waals surface area contributed by atoms with Crippen molar-refractivity contribution in [1.29, 1.82) is 0 Å². The summed E-state index contributed by atoms with van der Waals surface area (Å²) in [5.41, 5.74) is 2.55. The molecule has 0 N–H and O–H groups in total. The van der Waals surface area contributed by atoms with Gasteiger partial charge in [0, 0.05) is 5.92 Å². The van der Waals surface area contributed by atoms with Gasteiger partial charge in [-0.15, -0.1) is 0 Å². The Hall–Kier alpha value is -1.16. The Labute approximate surface area is 185 Å². The van der Waals surface area contributed by atoms with Crippen molar-refractivity contribution in [3.63, 3.8) is 0 Å². The van der Waals surface area contributed by atoms with Crippen LogP contribution in [0, 0.1) is 5.92 Å². The van der Waals surface area contributed by atoms with Crippen molar-refractivity contribution in [2.45, 2.75) is 111 Å². The molecule has 1 aliphatic rings. The second kappa shape index (κ2) is 13.3. The van der Waals surface area contributed by atoms with Gasteiger partial charge in [0.1, 0.15) is 0 Å². The molecule has 0 radical (unpaired) electrons. The molecule has 1 aromatic carbocycles. The first-order valence-corrected chi connectivity index (χ1v) is 12.0. The van der Waals surface area contributed by atoms with E-state index in [1.807, 2.05) is 19.9 Å². The fourth-order valence-electron chi connectivity index (χ4n) is 4.27. The van der Waals surface area contributed by atoms with E-state index in [-0.39, 0.29) is 12.2 Å². The Morgan fingerprint density at radius 1 is 0.967 bits per heavy atom. The largest absolute Gasteiger partial charge is 0.374 e. The molecular formula is C27H44O3. The third-order valence-corrected chi connectivity index (χ3v) is 5.86. The Balaban J connectivity index is 1.97. The molecule has 0 amide bonds. The van der Waals surface area contributed by atoms with E-state index in [4.69, 9.17) is 14.2 Å². The molecule has 0 aliphatic carbocycles. The lowest BCUT2D eigenvalue weighted by molar-refractivity contribution is -0.328. The quantitative estimate of drug-likeness (QED) is 0.247. The molecular weight excluding hydrogens is 372 g/mol. The molecule has 0 unspecified atom stereocenters. The molecule has 1 fully saturated rings. The Bertz CT molecular complexity index is 604. The standard InChI is InChI=1S/C27H44O3/c1-6-7-8-9-10-14-17-25-24(19-18-22(2)3)26(30-27(4,5)29-25)21-28-20-23-15-12-11-13-16-23/h11-13,15-16,18,24-26H,6-10,14,17,19-21H2,1-5H3/t24-,25+,26+/m1/s1. The summed E-state index contributed by atoms with van der Waals surface area (Å²) in [4.78, 5) is 0. The first kappa shape index (κ1) is 25.1. The van der Waals surface area contributed by atoms with Gasteiger partial charge in [-0.3, -0.25) is 0 Å². The average molecular weight is 417 g/mol. The van der Waals surface area contributed by atoms with E-state index in [1.54, 1.807) is 0 Å². The highest BCUT2D eigenvalue weighted by Gasteiger charge is 2.42. The van der Waals surface area contributed by atoms with Gasteiger partial charge in [-0.25, -0.2) is 0 Å². The van der Waals surface area contributed by atoms with E-state index in [0.717, 1.165) is 12.8 Å². The van der Waals surface area contributed by atoms with Crippen molar-refractivity contribution >= 4 is 0 Å². The van der Waals surface area contributed by atoms with Gasteiger partial charge >= 0.3 is 0 Å². The number of hydrogen-bond acceptors (Lipinski definition) is 3. The molecule has 0 spiro atoms. The smallest absolute Gasteiger partial charge is 0.163 e. The zero-order valence-corrected chi connectivity index (χ0v) is 20.0. The molecule has 3 atom stereocenters. The highest BCUT2D eigenvalue weighted by Crippen LogP contribution is 2.36. The van der Waals surface area contributed by atoms with Crippen LogP contribution in [0.3, 0.4) is 0 Å². The van der Waals surface area contributed by atoms with E-state index < -0.39 is 5.79 Å². The van der Waals surface area contributed by atoms with Crippen molar-refractivity contribution < 1.29 is 14.2 Å². The van der Waals surface area contributed by atoms with Crippen LogP contribution >= 0.6 is 0 Å². The molecule has 3 nitrogen and oxygen atoms in total. The third kappa shape index (κ3) is 9.32. The molecule has 1 aliphatic heterocycles. The lowest BCUT2D eigenvalue weighted by Crippen LogP contribution is -2.52. The third-order valence-electron chi connectivity index (χ3n) is 5.86. The van der Waals surface area contributed by atoms with Crippen LogP contribution in [-0.4, -0.2) is 24.6 Å². The predicted octanol–water partition coefficient (Wildman–Crippen LogP) is 7.45. The highest BCUT2D eigenvalue weighted by molar-refractivity contribution is 5.13. The van der Waals surface area contributed by atoms with Gasteiger partial charge in [0.25, 0.3) is 0 Å². The van der Waals surface area contributed by atoms with Gasteiger partial charge in [0.15, 0.2) is 5.79 Å². The summed E-state index contributed by atoms with van der Waals surface area (Å²) >= 11 is 0. The van der Waals surface area contributed by atoms with Gasteiger partial charge in [-0.2, -0.15) is 0 Å². The zero-order chi connectivity index (χ0) is 21.8. The fourth-order valence-corrected chi connectivity index (χ4v) is 4.27. The normalized spacial score (nSPS) is 23.3. The number of allylic oxidation sites excluding steroid dienone is 2. The van der Waals surface area contributed by atoms with Crippen molar-refractivity contribution in [3.05, 3.63) is 47.5 Å². The molecule has 1 saturated heterocycles. The van der Waals surface area contributed by atoms with E-state index in [2.05, 4.69) is 51.1 Å². The number of benzene rings is 1. The van der Waals surface area contributed by atoms with Crippen LogP contribution in [0.1, 0.15) is 91.5 Å². The number of unbranched alkanes of at least 4 members (excludes halogenated alkanes) is 5. The SMILES string of the molecule is CCCCCCCC[C@@H]1OC(C)(C)O[C@@H](COCc2ccccc2)[C@@H]1CC=C(C)C. The molecule has 30 heavy (non-hydrogen) atoms. The Morgan fingerprint density at radius 2 is 1.63 bits per heavy atom. The summed E-state index contributed by atoms with van der Waals surface area (Å²) in [5.74, 6) is -0.228. The van der Waals surface area contributed by atoms with E-state index >= 15 is 0 Å². The second-order valence-electron chi connectivity index (χ2n) is 9.45. The van der Waals surface area contributed by atoms with Crippen LogP contribution in [0.5, 0.6) is 0 Å². The van der Waals surface area contributed by atoms with E-state index in [9.17, 15) is 0 Å². The summed E-state index contributed by atoms with van der Waals surface area (Å²) in [5, 5.41) is 0. The monoisotopic (exact) mass is 416 g/mol. The maximum absolute atomic E-state index is 6.43. The molecule has 170 valence electrons. The highest BCUT2D eigenvalue weighted by atomic mass is 16.7. The summed E-state index contributed by atoms with van der Waals surface area (Å²) in [6.45, 7) is 11.9. The van der Waals surface area contributed by atoms with Crippen molar-refractivity contribution in [2.75, 3.05) is 6.61 Å². The zero-order valence-electron chi connectivity index (χ0n) is 20.0. The van der Waals surface area contributed by atoms with Crippen LogP contribution in [0.2, 0.25) is 0 Å². The molecule has 0 saturated carbocycles. The molecule has 1 aromatic rings. The summed E-state index contributed by atoms with van der Waals surface area (Å²) in [7, 11) is 0. The lowest BCUT2D eigenvalue weighted by Gasteiger charge is -2.46. The number of rotatable bonds is 13. The number of hydrogen-bond donors (Lipinski definition) is 0. The molecule has 1 heterocycles. The van der Waals surface area contributed by atoms with Crippen LogP contribution in [-0.2, 0) is 20.8 Å². The first-order chi connectivity index (χ1) is 14.4. The van der Waals surface area contributed by atoms with Crippen LogP contribution < -0.4 is 0 Å². The molecule has 2 rings (SSSR count). The van der Waals surface area contributed by atoms with Crippen LogP contribution in [0.25, 0.3) is 0 Å². The molecule has 3 heteroatoms. The fraction of sp³-hybridized carbons (Fsp3) is 0.704. The van der Waals surface area contributed by atoms with Gasteiger partial charge in [-0.1, -0.05) is 87.4 Å². The summed E-state index contributed by atoms with van der Waals surface area (Å²) in [6, 6.07) is 10.4. The minimum Gasteiger partial charge on any atom is -0.374 e. The second-order valence-corrected chi connectivity index (χ2v) is 9.45. The predicted molar refractivity (Wildman–Crippen MR) is 125 cm³/mol. The average Bonchev–Trinajstić information content (AvgIpc) is 2.70. The van der Waals surface area contributed by atoms with Gasteiger partial charge in [0.05, 0.1) is 25.4 Å². The number of ether oxygens (including phenoxy) is 3. The van der Waals surface area contributed by atoms with Crippen molar-refractivity contribution in [2.24, 2.45) is 5.92 Å². The van der Waals surface area contributed by atoms with E-state index in [1.165, 1.54) is 49.7 Å². The van der Waals surface area contributed by atoms with Crippen molar-refractivity contribution in [1.82, 2.24) is 0 Å². The molecule has 0 aromatic heterocycles. The first-order valence-electron chi connectivity index (χ1n) is 12.0. The topological polar surface area (TPSA) is 27.7 Å². The molecule has 0 bridgehead atoms. The van der Waals surface area contributed by atoms with Crippen LogP contribution in [0.15, 0.2) is 42.0 Å². The Kier molecular flexibility index (Phi) is 11.1.